The molecule has 2 heterocycles. The summed E-state index contributed by atoms with van der Waals surface area (Å²) in [5.74, 6) is 0.525. The zero-order valence-electron chi connectivity index (χ0n) is 17.4. The van der Waals surface area contributed by atoms with Crippen LogP contribution in [0.3, 0.4) is 0 Å². The van der Waals surface area contributed by atoms with Crippen molar-refractivity contribution < 1.29 is 9.90 Å². The average molecular weight is 397 g/mol. The van der Waals surface area contributed by atoms with Gasteiger partial charge in [-0.3, -0.25) is 4.79 Å². The van der Waals surface area contributed by atoms with Crippen molar-refractivity contribution in [2.75, 3.05) is 19.6 Å². The van der Waals surface area contributed by atoms with Gasteiger partial charge in [0.05, 0.1) is 24.2 Å². The Morgan fingerprint density at radius 2 is 2.07 bits per heavy atom. The van der Waals surface area contributed by atoms with Crippen molar-refractivity contribution >= 4 is 5.91 Å². The van der Waals surface area contributed by atoms with Crippen LogP contribution >= 0.6 is 0 Å². The fraction of sp³-hybridized carbons (Fsp3) is 0.565. The van der Waals surface area contributed by atoms with Gasteiger partial charge in [-0.1, -0.05) is 44.2 Å². The summed E-state index contributed by atoms with van der Waals surface area (Å²) in [6.45, 7) is 6.73. The van der Waals surface area contributed by atoms with Crippen LogP contribution in [0.2, 0.25) is 0 Å². The Bertz CT molecular complexity index is 833. The predicted octanol–water partition coefficient (Wildman–Crippen LogP) is 3.10. The van der Waals surface area contributed by atoms with Crippen LogP contribution in [0.25, 0.3) is 11.3 Å². The van der Waals surface area contributed by atoms with Crippen LogP contribution in [0.4, 0.5) is 0 Å². The van der Waals surface area contributed by atoms with Gasteiger partial charge in [-0.05, 0) is 31.6 Å². The molecular weight excluding hydrogens is 364 g/mol. The van der Waals surface area contributed by atoms with E-state index in [1.165, 1.54) is 0 Å². The van der Waals surface area contributed by atoms with Crippen LogP contribution in [0.15, 0.2) is 36.7 Å². The normalized spacial score (nSPS) is 25.0. The summed E-state index contributed by atoms with van der Waals surface area (Å²) in [5, 5.41) is 13.9. The molecule has 1 saturated heterocycles. The highest BCUT2D eigenvalue weighted by Crippen LogP contribution is 2.36. The maximum Gasteiger partial charge on any atom is 0.275 e. The van der Waals surface area contributed by atoms with Crippen molar-refractivity contribution in [3.05, 3.63) is 42.4 Å². The largest absolute Gasteiger partial charge is 0.391 e. The van der Waals surface area contributed by atoms with Gasteiger partial charge in [-0.15, -0.1) is 0 Å². The Balaban J connectivity index is 1.73. The number of aliphatic hydroxyl groups is 1. The lowest BCUT2D eigenvalue weighted by Crippen LogP contribution is -2.54. The Labute approximate surface area is 172 Å². The van der Waals surface area contributed by atoms with Crippen molar-refractivity contribution in [1.29, 1.82) is 0 Å². The maximum atomic E-state index is 13.7. The van der Waals surface area contributed by atoms with Crippen molar-refractivity contribution in [3.8, 4) is 11.3 Å². The molecule has 2 fully saturated rings. The monoisotopic (exact) mass is 396 g/mol. The quantitative estimate of drug-likeness (QED) is 0.815. The minimum absolute atomic E-state index is 0.00207. The lowest BCUT2D eigenvalue weighted by atomic mass is 10.00. The van der Waals surface area contributed by atoms with E-state index < -0.39 is 0 Å². The molecular formula is C23H32N4O2. The Hall–Kier alpha value is -2.18. The van der Waals surface area contributed by atoms with E-state index in [2.05, 4.69) is 24.1 Å². The lowest BCUT2D eigenvalue weighted by Gasteiger charge is -2.37. The summed E-state index contributed by atoms with van der Waals surface area (Å²) in [4.78, 5) is 20.3. The van der Waals surface area contributed by atoms with Crippen LogP contribution in [0.5, 0.6) is 0 Å². The minimum Gasteiger partial charge on any atom is -0.391 e. The lowest BCUT2D eigenvalue weighted by molar-refractivity contribution is 0.0605. The molecule has 6 heteroatoms. The second kappa shape index (κ2) is 8.67. The van der Waals surface area contributed by atoms with E-state index in [0.29, 0.717) is 18.2 Å². The third-order valence-electron chi connectivity index (χ3n) is 6.20. The fourth-order valence-electron chi connectivity index (χ4n) is 4.82. The molecule has 1 aliphatic heterocycles. The molecule has 2 aromatic rings. The molecule has 0 bridgehead atoms. The predicted molar refractivity (Wildman–Crippen MR) is 114 cm³/mol. The van der Waals surface area contributed by atoms with Crippen molar-refractivity contribution in [2.24, 2.45) is 5.92 Å². The first-order valence-electron chi connectivity index (χ1n) is 10.9. The number of rotatable bonds is 5. The first kappa shape index (κ1) is 20.1. The highest BCUT2D eigenvalue weighted by molar-refractivity contribution is 5.98. The molecule has 2 N–H and O–H groups in total. The molecule has 6 nitrogen and oxygen atoms in total. The third kappa shape index (κ3) is 4.09. The van der Waals surface area contributed by atoms with E-state index in [4.69, 9.17) is 0 Å². The molecule has 1 saturated carbocycles. The third-order valence-corrected chi connectivity index (χ3v) is 6.20. The molecule has 156 valence electrons. The van der Waals surface area contributed by atoms with Gasteiger partial charge >= 0.3 is 0 Å². The van der Waals surface area contributed by atoms with E-state index in [-0.39, 0.29) is 24.1 Å². The summed E-state index contributed by atoms with van der Waals surface area (Å²) in [6, 6.07) is 10.2. The number of hydrogen-bond acceptors (Lipinski definition) is 4. The number of carbonyl (C=O) groups is 1. The second-order valence-electron chi connectivity index (χ2n) is 8.77. The van der Waals surface area contributed by atoms with Crippen LogP contribution < -0.4 is 5.32 Å². The van der Waals surface area contributed by atoms with Gasteiger partial charge in [0.15, 0.2) is 5.69 Å². The zero-order valence-corrected chi connectivity index (χ0v) is 17.4. The Morgan fingerprint density at radius 1 is 1.28 bits per heavy atom. The minimum atomic E-state index is -0.387. The van der Waals surface area contributed by atoms with E-state index >= 15 is 0 Å². The van der Waals surface area contributed by atoms with Gasteiger partial charge in [0.2, 0.25) is 0 Å². The van der Waals surface area contributed by atoms with Gasteiger partial charge in [-0.25, -0.2) is 4.98 Å². The molecule has 3 atom stereocenters. The fourth-order valence-corrected chi connectivity index (χ4v) is 4.82. The summed E-state index contributed by atoms with van der Waals surface area (Å²) >= 11 is 0. The van der Waals surface area contributed by atoms with Gasteiger partial charge in [0.1, 0.15) is 0 Å². The van der Waals surface area contributed by atoms with Crippen molar-refractivity contribution in [3.63, 3.8) is 0 Å². The molecule has 1 aliphatic carbocycles. The van der Waals surface area contributed by atoms with Crippen molar-refractivity contribution in [2.45, 2.75) is 57.7 Å². The average Bonchev–Trinajstić information content (AvgIpc) is 3.34. The van der Waals surface area contributed by atoms with Gasteiger partial charge in [0.25, 0.3) is 5.91 Å². The molecule has 0 radical (unpaired) electrons. The van der Waals surface area contributed by atoms with E-state index in [0.717, 1.165) is 50.0 Å². The summed E-state index contributed by atoms with van der Waals surface area (Å²) in [6.07, 6.45) is 5.05. The van der Waals surface area contributed by atoms with E-state index in [1.807, 2.05) is 39.8 Å². The number of aliphatic hydroxyl groups excluding tert-OH is 1. The summed E-state index contributed by atoms with van der Waals surface area (Å²) in [7, 11) is 0. The smallest absolute Gasteiger partial charge is 0.275 e. The van der Waals surface area contributed by atoms with Crippen LogP contribution in [-0.2, 0) is 0 Å². The summed E-state index contributed by atoms with van der Waals surface area (Å²) in [5.41, 5.74) is 2.32. The molecule has 0 spiro atoms. The highest BCUT2D eigenvalue weighted by Gasteiger charge is 2.34. The highest BCUT2D eigenvalue weighted by atomic mass is 16.3. The molecule has 29 heavy (non-hydrogen) atoms. The van der Waals surface area contributed by atoms with Gasteiger partial charge in [-0.2, -0.15) is 0 Å². The number of carbonyl (C=O) groups excluding carboxylic acids is 1. The number of amides is 1. The topological polar surface area (TPSA) is 70.4 Å². The standard InChI is InChI=1S/C23H32N4O2/c1-16(2)13-18-14-24-11-12-26(18)23(29)21-22(17-7-4-3-5-8-17)27(15-25-21)19-9-6-10-20(19)28/h3-5,7-8,15-16,18-20,24,28H,6,9-14H2,1-2H3/t18-,19+,20+/m1/s1. The number of imidazole rings is 1. The number of nitrogens with zero attached hydrogens (tertiary/aromatic N) is 3. The van der Waals surface area contributed by atoms with Crippen LogP contribution in [0.1, 0.15) is 56.1 Å². The van der Waals surface area contributed by atoms with E-state index in [1.54, 1.807) is 6.33 Å². The van der Waals surface area contributed by atoms with Crippen LogP contribution in [-0.4, -0.2) is 57.2 Å². The zero-order chi connectivity index (χ0) is 20.4. The molecule has 1 aromatic carbocycles. The molecule has 2 aliphatic rings. The summed E-state index contributed by atoms with van der Waals surface area (Å²) < 4.78 is 2.04. The first-order chi connectivity index (χ1) is 14.1. The number of aromatic nitrogens is 2. The number of hydrogen-bond donors (Lipinski definition) is 2. The molecule has 0 unspecified atom stereocenters. The van der Waals surface area contributed by atoms with Gasteiger partial charge in [0, 0.05) is 31.2 Å². The maximum absolute atomic E-state index is 13.7. The number of piperazine rings is 1. The van der Waals surface area contributed by atoms with Crippen molar-refractivity contribution in [1.82, 2.24) is 19.8 Å². The number of nitrogens with one attached hydrogen (secondary N) is 1. The van der Waals surface area contributed by atoms with E-state index in [9.17, 15) is 9.90 Å². The SMILES string of the molecule is CC(C)C[C@@H]1CNCCN1C(=O)c1ncn([C@H]2CCC[C@@H]2O)c1-c1ccccc1. The van der Waals surface area contributed by atoms with Gasteiger partial charge < -0.3 is 19.9 Å². The molecule has 1 aromatic heterocycles. The molecule has 4 rings (SSSR count). The molecule has 1 amide bonds. The first-order valence-corrected chi connectivity index (χ1v) is 10.9. The Morgan fingerprint density at radius 3 is 2.76 bits per heavy atom. The number of benzene rings is 1. The Kier molecular flexibility index (Phi) is 6.01. The van der Waals surface area contributed by atoms with Crippen LogP contribution in [0, 0.1) is 5.92 Å². The second-order valence-corrected chi connectivity index (χ2v) is 8.77.